The van der Waals surface area contributed by atoms with Crippen LogP contribution in [0.2, 0.25) is 0 Å². The normalized spacial score (nSPS) is 11.2. The zero-order valence-corrected chi connectivity index (χ0v) is 7.11. The van der Waals surface area contributed by atoms with Crippen LogP contribution in [0.3, 0.4) is 0 Å². The Bertz CT molecular complexity index is 392. The first kappa shape index (κ1) is 7.28. The summed E-state index contributed by atoms with van der Waals surface area (Å²) in [5.41, 5.74) is 2.84. The molecule has 3 heteroatoms. The number of nitrogens with zero attached hydrogens (tertiary/aromatic N) is 2. The highest BCUT2D eigenvalue weighted by Crippen LogP contribution is 2.24. The maximum absolute atomic E-state index is 5.29. The summed E-state index contributed by atoms with van der Waals surface area (Å²) in [4.78, 5) is 8.04. The first-order valence-electron chi connectivity index (χ1n) is 3.96. The SMILES string of the molecule is CC(C)c1coc2cncnc12. The van der Waals surface area contributed by atoms with Crippen molar-refractivity contribution in [2.45, 2.75) is 19.8 Å². The van der Waals surface area contributed by atoms with Crippen molar-refractivity contribution in [2.75, 3.05) is 0 Å². The fourth-order valence-corrected chi connectivity index (χ4v) is 1.21. The van der Waals surface area contributed by atoms with Crippen molar-refractivity contribution in [3.63, 3.8) is 0 Å². The van der Waals surface area contributed by atoms with Crippen LogP contribution in [-0.4, -0.2) is 9.97 Å². The fraction of sp³-hybridized carbons (Fsp3) is 0.333. The number of hydrogen-bond acceptors (Lipinski definition) is 3. The number of fused-ring (bicyclic) bond motifs is 1. The van der Waals surface area contributed by atoms with Crippen LogP contribution < -0.4 is 0 Å². The van der Waals surface area contributed by atoms with Crippen molar-refractivity contribution in [1.29, 1.82) is 0 Å². The Balaban J connectivity index is 2.70. The zero-order chi connectivity index (χ0) is 8.55. The molecule has 0 aliphatic heterocycles. The van der Waals surface area contributed by atoms with Crippen molar-refractivity contribution >= 4 is 11.1 Å². The summed E-state index contributed by atoms with van der Waals surface area (Å²) in [7, 11) is 0. The Kier molecular flexibility index (Phi) is 1.57. The zero-order valence-electron chi connectivity index (χ0n) is 7.11. The molecule has 0 atom stereocenters. The van der Waals surface area contributed by atoms with E-state index in [-0.39, 0.29) is 0 Å². The van der Waals surface area contributed by atoms with Crippen LogP contribution >= 0.6 is 0 Å². The minimum Gasteiger partial charge on any atom is -0.461 e. The lowest BCUT2D eigenvalue weighted by Gasteiger charge is -1.97. The smallest absolute Gasteiger partial charge is 0.170 e. The molecule has 0 bridgehead atoms. The first-order valence-corrected chi connectivity index (χ1v) is 3.96. The molecule has 0 radical (unpaired) electrons. The molecular formula is C9H10N2O. The second kappa shape index (κ2) is 2.59. The Morgan fingerprint density at radius 3 is 3.00 bits per heavy atom. The molecule has 0 aliphatic rings. The van der Waals surface area contributed by atoms with E-state index in [0.717, 1.165) is 16.7 Å². The summed E-state index contributed by atoms with van der Waals surface area (Å²) >= 11 is 0. The Morgan fingerprint density at radius 1 is 1.42 bits per heavy atom. The van der Waals surface area contributed by atoms with Gasteiger partial charge in [-0.05, 0) is 5.92 Å². The first-order chi connectivity index (χ1) is 5.79. The van der Waals surface area contributed by atoms with E-state index in [9.17, 15) is 0 Å². The van der Waals surface area contributed by atoms with Gasteiger partial charge in [0, 0.05) is 5.56 Å². The number of hydrogen-bond donors (Lipinski definition) is 0. The van der Waals surface area contributed by atoms with Gasteiger partial charge < -0.3 is 4.42 Å². The number of furan rings is 1. The largest absolute Gasteiger partial charge is 0.461 e. The van der Waals surface area contributed by atoms with Gasteiger partial charge in [0.05, 0.1) is 12.5 Å². The molecule has 2 heterocycles. The van der Waals surface area contributed by atoms with Crippen LogP contribution in [0.5, 0.6) is 0 Å². The molecule has 0 aromatic carbocycles. The lowest BCUT2D eigenvalue weighted by atomic mass is 10.1. The van der Waals surface area contributed by atoms with Gasteiger partial charge in [-0.25, -0.2) is 9.97 Å². The van der Waals surface area contributed by atoms with Gasteiger partial charge in [-0.3, -0.25) is 0 Å². The molecule has 0 fully saturated rings. The van der Waals surface area contributed by atoms with Crippen LogP contribution in [0, 0.1) is 0 Å². The van der Waals surface area contributed by atoms with E-state index in [0.29, 0.717) is 5.92 Å². The van der Waals surface area contributed by atoms with Crippen LogP contribution in [0.25, 0.3) is 11.1 Å². The molecule has 2 aromatic rings. The molecule has 0 amide bonds. The van der Waals surface area contributed by atoms with Gasteiger partial charge in [-0.15, -0.1) is 0 Å². The van der Waals surface area contributed by atoms with Gasteiger partial charge in [0.25, 0.3) is 0 Å². The van der Waals surface area contributed by atoms with E-state index in [4.69, 9.17) is 4.42 Å². The summed E-state index contributed by atoms with van der Waals surface area (Å²) in [6, 6.07) is 0. The average molecular weight is 162 g/mol. The van der Waals surface area contributed by atoms with E-state index in [1.807, 2.05) is 0 Å². The summed E-state index contributed by atoms with van der Waals surface area (Å²) < 4.78 is 5.29. The molecule has 0 unspecified atom stereocenters. The monoisotopic (exact) mass is 162 g/mol. The Morgan fingerprint density at radius 2 is 2.25 bits per heavy atom. The van der Waals surface area contributed by atoms with Crippen molar-refractivity contribution in [3.05, 3.63) is 24.4 Å². The van der Waals surface area contributed by atoms with Crippen LogP contribution in [0.1, 0.15) is 25.3 Å². The Hall–Kier alpha value is -1.38. The molecule has 0 saturated carbocycles. The van der Waals surface area contributed by atoms with E-state index in [1.165, 1.54) is 0 Å². The lowest BCUT2D eigenvalue weighted by Crippen LogP contribution is -1.86. The highest BCUT2D eigenvalue weighted by molar-refractivity contribution is 5.75. The highest BCUT2D eigenvalue weighted by Gasteiger charge is 2.09. The van der Waals surface area contributed by atoms with Gasteiger partial charge >= 0.3 is 0 Å². The van der Waals surface area contributed by atoms with E-state index in [1.54, 1.807) is 18.8 Å². The van der Waals surface area contributed by atoms with Gasteiger partial charge in [0.1, 0.15) is 11.8 Å². The third-order valence-corrected chi connectivity index (χ3v) is 1.89. The summed E-state index contributed by atoms with van der Waals surface area (Å²) in [5, 5.41) is 0. The minimum atomic E-state index is 0.446. The average Bonchev–Trinajstić information content (AvgIpc) is 2.47. The molecule has 0 N–H and O–H groups in total. The maximum atomic E-state index is 5.29. The van der Waals surface area contributed by atoms with Crippen LogP contribution in [-0.2, 0) is 0 Å². The summed E-state index contributed by atoms with van der Waals surface area (Å²) in [5.74, 6) is 0.446. The molecule has 12 heavy (non-hydrogen) atoms. The van der Waals surface area contributed by atoms with Crippen molar-refractivity contribution < 1.29 is 4.42 Å². The second-order valence-corrected chi connectivity index (χ2v) is 3.08. The third-order valence-electron chi connectivity index (χ3n) is 1.89. The number of rotatable bonds is 1. The molecule has 2 rings (SSSR count). The summed E-state index contributed by atoms with van der Waals surface area (Å²) in [6.45, 7) is 4.23. The topological polar surface area (TPSA) is 38.9 Å². The standard InChI is InChI=1S/C9H10N2O/c1-6(2)7-4-12-8-3-10-5-11-9(7)8/h3-6H,1-2H3. The highest BCUT2D eigenvalue weighted by atomic mass is 16.3. The third kappa shape index (κ3) is 0.978. The van der Waals surface area contributed by atoms with Crippen LogP contribution in [0.4, 0.5) is 0 Å². The molecule has 0 aliphatic carbocycles. The van der Waals surface area contributed by atoms with Gasteiger partial charge in [0.2, 0.25) is 0 Å². The fourth-order valence-electron chi connectivity index (χ4n) is 1.21. The Labute approximate surface area is 70.4 Å². The molecule has 2 aromatic heterocycles. The van der Waals surface area contributed by atoms with Gasteiger partial charge in [-0.1, -0.05) is 13.8 Å². The van der Waals surface area contributed by atoms with Crippen molar-refractivity contribution in [3.8, 4) is 0 Å². The second-order valence-electron chi connectivity index (χ2n) is 3.08. The molecule has 0 saturated heterocycles. The minimum absolute atomic E-state index is 0.446. The quantitative estimate of drug-likeness (QED) is 0.646. The van der Waals surface area contributed by atoms with Gasteiger partial charge in [0.15, 0.2) is 5.58 Å². The van der Waals surface area contributed by atoms with E-state index < -0.39 is 0 Å². The summed E-state index contributed by atoms with van der Waals surface area (Å²) in [6.07, 6.45) is 4.99. The van der Waals surface area contributed by atoms with Crippen LogP contribution in [0.15, 0.2) is 23.2 Å². The molecule has 3 nitrogen and oxygen atoms in total. The predicted octanol–water partition coefficient (Wildman–Crippen LogP) is 2.35. The number of aromatic nitrogens is 2. The van der Waals surface area contributed by atoms with Crippen molar-refractivity contribution in [2.24, 2.45) is 0 Å². The molecule has 0 spiro atoms. The van der Waals surface area contributed by atoms with Crippen molar-refractivity contribution in [1.82, 2.24) is 9.97 Å². The molecule has 62 valence electrons. The van der Waals surface area contributed by atoms with E-state index >= 15 is 0 Å². The van der Waals surface area contributed by atoms with E-state index in [2.05, 4.69) is 23.8 Å². The lowest BCUT2D eigenvalue weighted by molar-refractivity contribution is 0.605. The maximum Gasteiger partial charge on any atom is 0.170 e. The molecular weight excluding hydrogens is 152 g/mol. The van der Waals surface area contributed by atoms with Gasteiger partial charge in [-0.2, -0.15) is 0 Å². The predicted molar refractivity (Wildman–Crippen MR) is 45.9 cm³/mol.